The van der Waals surface area contributed by atoms with Gasteiger partial charge in [0.1, 0.15) is 5.75 Å². The third kappa shape index (κ3) is 7.29. The number of benzene rings is 1. The maximum Gasteiger partial charge on any atom is 0.387 e. The Hall–Kier alpha value is -3.43. The molecule has 1 aliphatic rings. The molecule has 1 fully saturated rings. The molecule has 0 unspecified atom stereocenters. The van der Waals surface area contributed by atoms with E-state index >= 15 is 0 Å². The van der Waals surface area contributed by atoms with Gasteiger partial charge in [0.2, 0.25) is 5.91 Å². The first-order valence-corrected chi connectivity index (χ1v) is 12.1. The van der Waals surface area contributed by atoms with E-state index in [0.717, 1.165) is 11.3 Å². The number of hydrogen-bond acceptors (Lipinski definition) is 5. The van der Waals surface area contributed by atoms with Crippen LogP contribution in [-0.2, 0) is 4.79 Å². The lowest BCUT2D eigenvalue weighted by Gasteiger charge is -2.39. The van der Waals surface area contributed by atoms with E-state index < -0.39 is 12.6 Å². The number of urea groups is 1. The quantitative estimate of drug-likeness (QED) is 0.506. The molecular formula is C26H36F2N4O4. The van der Waals surface area contributed by atoms with Crippen LogP contribution in [0, 0.1) is 0 Å². The molecule has 1 aromatic carbocycles. The molecule has 0 saturated carbocycles. The molecule has 36 heavy (non-hydrogen) atoms. The summed E-state index contributed by atoms with van der Waals surface area (Å²) in [6, 6.07) is 8.11. The molecule has 3 amide bonds. The van der Waals surface area contributed by atoms with E-state index in [1.165, 1.54) is 26.3 Å². The number of amides is 3. The molecule has 1 N–H and O–H groups in total. The van der Waals surface area contributed by atoms with Crippen LogP contribution in [0.5, 0.6) is 11.5 Å². The summed E-state index contributed by atoms with van der Waals surface area (Å²) in [6.07, 6.45) is 2.47. The molecule has 1 aliphatic heterocycles. The number of rotatable bonds is 7. The van der Waals surface area contributed by atoms with Gasteiger partial charge in [-0.25, -0.2) is 9.78 Å². The molecule has 0 bridgehead atoms. The van der Waals surface area contributed by atoms with Gasteiger partial charge in [-0.2, -0.15) is 8.78 Å². The molecule has 8 nitrogen and oxygen atoms in total. The van der Waals surface area contributed by atoms with Gasteiger partial charge in [-0.15, -0.1) is 0 Å². The second-order valence-electron chi connectivity index (χ2n) is 8.35. The molecule has 0 atom stereocenters. The van der Waals surface area contributed by atoms with Crippen molar-refractivity contribution in [1.82, 2.24) is 9.88 Å². The Bertz CT molecular complexity index is 1010. The Kier molecular flexibility index (Phi) is 10.9. The number of ether oxygens (including phenoxy) is 2. The lowest BCUT2D eigenvalue weighted by Crippen LogP contribution is -2.50. The summed E-state index contributed by atoms with van der Waals surface area (Å²) in [6.45, 7) is 7.54. The number of para-hydroxylation sites is 1. The summed E-state index contributed by atoms with van der Waals surface area (Å²) in [4.78, 5) is 32.9. The fourth-order valence-electron chi connectivity index (χ4n) is 4.09. The molecule has 1 aromatic heterocycles. The highest BCUT2D eigenvalue weighted by Crippen LogP contribution is 2.34. The number of anilines is 2. The number of pyridine rings is 1. The molecule has 198 valence electrons. The van der Waals surface area contributed by atoms with E-state index in [1.807, 2.05) is 52.0 Å². The Morgan fingerprint density at radius 1 is 1.17 bits per heavy atom. The number of nitrogens with zero attached hydrogens (tertiary/aromatic N) is 3. The summed E-state index contributed by atoms with van der Waals surface area (Å²) in [5.74, 6) is -0.0911. The number of halogens is 2. The number of hydrogen-bond donors (Lipinski definition) is 1. The first-order chi connectivity index (χ1) is 17.2. The Morgan fingerprint density at radius 3 is 2.36 bits per heavy atom. The molecule has 0 aliphatic carbocycles. The minimum Gasteiger partial charge on any atom is -0.495 e. The van der Waals surface area contributed by atoms with Gasteiger partial charge in [-0.05, 0) is 30.4 Å². The number of methoxy groups -OCH3 is 1. The van der Waals surface area contributed by atoms with E-state index in [9.17, 15) is 18.4 Å². The van der Waals surface area contributed by atoms with Crippen molar-refractivity contribution in [2.45, 2.75) is 66.0 Å². The number of alkyl halides is 2. The summed E-state index contributed by atoms with van der Waals surface area (Å²) in [7, 11) is 1.37. The standard InChI is InChI=1S/C24H30F2N4O4.C2H6/c1-15(2)19-7-5-6-8-20(19)30(17-9-11-29(12-10-17)16(3)31)24(32)28-22-21(34-23(25)26)13-18(33-4)14-27-22;1-2/h5-8,13-15,17,23H,9-12H2,1-4H3,(H,27,28,32);1-2H3. The monoisotopic (exact) mass is 506 g/mol. The van der Waals surface area contributed by atoms with E-state index in [4.69, 9.17) is 4.74 Å². The van der Waals surface area contributed by atoms with Gasteiger partial charge in [0.15, 0.2) is 11.6 Å². The third-order valence-corrected chi connectivity index (χ3v) is 5.82. The Labute approximate surface area is 211 Å². The average molecular weight is 507 g/mol. The number of carbonyl (C=O) groups is 2. The van der Waals surface area contributed by atoms with Crippen molar-refractivity contribution < 1.29 is 27.8 Å². The fraction of sp³-hybridized carbons (Fsp3) is 0.500. The maximum absolute atomic E-state index is 13.6. The van der Waals surface area contributed by atoms with Crippen molar-refractivity contribution in [3.05, 3.63) is 42.1 Å². The van der Waals surface area contributed by atoms with Crippen LogP contribution in [0.1, 0.15) is 58.9 Å². The van der Waals surface area contributed by atoms with Crippen molar-refractivity contribution in [3.8, 4) is 11.5 Å². The number of aromatic nitrogens is 1. The molecule has 1 saturated heterocycles. The summed E-state index contributed by atoms with van der Waals surface area (Å²) >= 11 is 0. The van der Waals surface area contributed by atoms with Crippen molar-refractivity contribution in [3.63, 3.8) is 0 Å². The van der Waals surface area contributed by atoms with E-state index in [1.54, 1.807) is 9.80 Å². The predicted octanol–water partition coefficient (Wildman–Crippen LogP) is 5.89. The highest BCUT2D eigenvalue weighted by atomic mass is 19.3. The van der Waals surface area contributed by atoms with Crippen LogP contribution in [0.15, 0.2) is 36.5 Å². The first-order valence-electron chi connectivity index (χ1n) is 12.1. The predicted molar refractivity (Wildman–Crippen MR) is 136 cm³/mol. The maximum atomic E-state index is 13.6. The Balaban J connectivity index is 0.00000222. The van der Waals surface area contributed by atoms with Crippen molar-refractivity contribution >= 4 is 23.4 Å². The second-order valence-corrected chi connectivity index (χ2v) is 8.35. The number of nitrogens with one attached hydrogen (secondary N) is 1. The lowest BCUT2D eigenvalue weighted by molar-refractivity contribution is -0.129. The van der Waals surface area contributed by atoms with Gasteiger partial charge in [-0.1, -0.05) is 45.9 Å². The van der Waals surface area contributed by atoms with Gasteiger partial charge >= 0.3 is 12.6 Å². The third-order valence-electron chi connectivity index (χ3n) is 5.82. The van der Waals surface area contributed by atoms with Crippen LogP contribution in [0.4, 0.5) is 25.1 Å². The molecule has 3 rings (SSSR count). The Morgan fingerprint density at radius 2 is 1.81 bits per heavy atom. The molecule has 2 heterocycles. The largest absolute Gasteiger partial charge is 0.495 e. The zero-order valence-electron chi connectivity index (χ0n) is 21.8. The topological polar surface area (TPSA) is 84.0 Å². The molecule has 2 aromatic rings. The first kappa shape index (κ1) is 28.8. The van der Waals surface area contributed by atoms with Crippen molar-refractivity contribution in [2.24, 2.45) is 0 Å². The van der Waals surface area contributed by atoms with Gasteiger partial charge in [-0.3, -0.25) is 15.0 Å². The van der Waals surface area contributed by atoms with E-state index in [-0.39, 0.29) is 35.2 Å². The molecule has 0 spiro atoms. The lowest BCUT2D eigenvalue weighted by atomic mass is 9.97. The van der Waals surface area contributed by atoms with Crippen LogP contribution < -0.4 is 19.7 Å². The molecule has 10 heteroatoms. The normalized spacial score (nSPS) is 13.7. The zero-order valence-corrected chi connectivity index (χ0v) is 21.8. The van der Waals surface area contributed by atoms with Gasteiger partial charge < -0.3 is 14.4 Å². The van der Waals surface area contributed by atoms with Crippen LogP contribution in [0.25, 0.3) is 0 Å². The van der Waals surface area contributed by atoms with Crippen LogP contribution in [-0.4, -0.2) is 54.7 Å². The summed E-state index contributed by atoms with van der Waals surface area (Å²) in [5.41, 5.74) is 1.69. The van der Waals surface area contributed by atoms with Crippen LogP contribution >= 0.6 is 0 Å². The van der Waals surface area contributed by atoms with Crippen LogP contribution in [0.3, 0.4) is 0 Å². The zero-order chi connectivity index (χ0) is 26.8. The van der Waals surface area contributed by atoms with Gasteiger partial charge in [0, 0.05) is 37.8 Å². The minimum atomic E-state index is -3.10. The average Bonchev–Trinajstić information content (AvgIpc) is 2.86. The highest BCUT2D eigenvalue weighted by Gasteiger charge is 2.32. The summed E-state index contributed by atoms with van der Waals surface area (Å²) < 4.78 is 35.6. The van der Waals surface area contributed by atoms with E-state index in [0.29, 0.717) is 25.9 Å². The molecule has 0 radical (unpaired) electrons. The van der Waals surface area contributed by atoms with Gasteiger partial charge in [0.05, 0.1) is 13.3 Å². The van der Waals surface area contributed by atoms with Gasteiger partial charge in [0.25, 0.3) is 0 Å². The number of piperidine rings is 1. The van der Waals surface area contributed by atoms with Crippen molar-refractivity contribution in [2.75, 3.05) is 30.4 Å². The minimum absolute atomic E-state index is 0.00625. The smallest absolute Gasteiger partial charge is 0.387 e. The number of likely N-dealkylation sites (tertiary alicyclic amines) is 1. The summed E-state index contributed by atoms with van der Waals surface area (Å²) in [5, 5.41) is 2.64. The van der Waals surface area contributed by atoms with Crippen molar-refractivity contribution in [1.29, 1.82) is 0 Å². The SMILES string of the molecule is CC.COc1cnc(NC(=O)N(c2ccccc2C(C)C)C2CCN(C(C)=O)CC2)c(OC(F)F)c1. The van der Waals surface area contributed by atoms with E-state index in [2.05, 4.69) is 15.0 Å². The molecular weight excluding hydrogens is 470 g/mol. The second kappa shape index (κ2) is 13.6. The van der Waals surface area contributed by atoms with Crippen LogP contribution in [0.2, 0.25) is 0 Å². The number of carbonyl (C=O) groups excluding carboxylic acids is 2. The fourth-order valence-corrected chi connectivity index (χ4v) is 4.09. The highest BCUT2D eigenvalue weighted by molar-refractivity contribution is 6.03.